The number of nitrogens with zero attached hydrogens (tertiary/aromatic N) is 2. The number of ether oxygens (including phenoxy) is 1. The highest BCUT2D eigenvalue weighted by atomic mass is 16.5. The summed E-state index contributed by atoms with van der Waals surface area (Å²) < 4.78 is 5.25. The van der Waals surface area contributed by atoms with Crippen molar-refractivity contribution in [2.24, 2.45) is 0 Å². The van der Waals surface area contributed by atoms with E-state index in [0.717, 1.165) is 16.9 Å². The summed E-state index contributed by atoms with van der Waals surface area (Å²) in [5, 5.41) is 2.92. The van der Waals surface area contributed by atoms with Gasteiger partial charge in [-0.3, -0.25) is 4.79 Å². The van der Waals surface area contributed by atoms with Crippen molar-refractivity contribution in [2.75, 3.05) is 26.1 Å². The van der Waals surface area contributed by atoms with Crippen molar-refractivity contribution in [3.05, 3.63) is 53.2 Å². The summed E-state index contributed by atoms with van der Waals surface area (Å²) in [6.07, 6.45) is 1.74. The lowest BCUT2D eigenvalue weighted by Gasteiger charge is -2.16. The molecule has 0 aliphatic rings. The van der Waals surface area contributed by atoms with Crippen LogP contribution in [-0.2, 0) is 6.54 Å². The van der Waals surface area contributed by atoms with E-state index in [1.165, 1.54) is 0 Å². The van der Waals surface area contributed by atoms with E-state index in [0.29, 0.717) is 17.9 Å². The number of aromatic nitrogens is 1. The number of hydrogen-bond donors (Lipinski definition) is 1. The second-order valence-corrected chi connectivity index (χ2v) is 5.25. The number of rotatable bonds is 5. The van der Waals surface area contributed by atoms with Crippen molar-refractivity contribution in [2.45, 2.75) is 13.5 Å². The summed E-state index contributed by atoms with van der Waals surface area (Å²) in [4.78, 5) is 18.5. The number of pyridine rings is 1. The summed E-state index contributed by atoms with van der Waals surface area (Å²) in [5.41, 5.74) is 2.55. The molecule has 2 aromatic rings. The predicted octanol–water partition coefficient (Wildman–Crippen LogP) is 2.39. The first-order chi connectivity index (χ1) is 10.5. The molecule has 2 rings (SSSR count). The summed E-state index contributed by atoms with van der Waals surface area (Å²) in [6.45, 7) is 2.37. The third-order valence-corrected chi connectivity index (χ3v) is 3.40. The molecule has 5 heteroatoms. The maximum absolute atomic E-state index is 12.3. The molecule has 0 fully saturated rings. The highest BCUT2D eigenvalue weighted by molar-refractivity contribution is 5.94. The van der Waals surface area contributed by atoms with E-state index in [4.69, 9.17) is 4.74 Å². The van der Waals surface area contributed by atoms with Crippen molar-refractivity contribution < 1.29 is 9.53 Å². The molecule has 1 N–H and O–H groups in total. The molecule has 0 spiro atoms. The van der Waals surface area contributed by atoms with Gasteiger partial charge in [0.05, 0.1) is 7.11 Å². The first kappa shape index (κ1) is 15.8. The molecule has 1 amide bonds. The molecular weight excluding hydrogens is 278 g/mol. The first-order valence-corrected chi connectivity index (χ1v) is 7.07. The van der Waals surface area contributed by atoms with E-state index in [1.54, 1.807) is 25.4 Å². The van der Waals surface area contributed by atoms with E-state index in [1.807, 2.05) is 44.1 Å². The summed E-state index contributed by atoms with van der Waals surface area (Å²) >= 11 is 0. The van der Waals surface area contributed by atoms with Crippen LogP contribution in [0, 0.1) is 6.92 Å². The molecule has 0 bridgehead atoms. The Kier molecular flexibility index (Phi) is 4.99. The number of methoxy groups -OCH3 is 1. The average molecular weight is 299 g/mol. The van der Waals surface area contributed by atoms with Gasteiger partial charge >= 0.3 is 0 Å². The smallest absolute Gasteiger partial charge is 0.251 e. The fraction of sp³-hybridized carbons (Fsp3) is 0.294. The zero-order valence-corrected chi connectivity index (χ0v) is 13.4. The predicted molar refractivity (Wildman–Crippen MR) is 87.5 cm³/mol. The van der Waals surface area contributed by atoms with Crippen LogP contribution in [0.4, 0.5) is 5.82 Å². The van der Waals surface area contributed by atoms with Gasteiger partial charge in [0.25, 0.3) is 5.91 Å². The standard InChI is InChI=1S/C17H21N3O2/c1-12-7-8-13(10-15(12)22-4)17(21)19-11-14-6-5-9-18-16(14)20(2)3/h5-10H,11H2,1-4H3,(H,19,21). The Balaban J connectivity index is 2.10. The molecule has 0 saturated carbocycles. The molecule has 0 saturated heterocycles. The molecular formula is C17H21N3O2. The Morgan fingerprint density at radius 1 is 1.32 bits per heavy atom. The molecule has 5 nitrogen and oxygen atoms in total. The van der Waals surface area contributed by atoms with Gasteiger partial charge in [-0.25, -0.2) is 4.98 Å². The van der Waals surface area contributed by atoms with E-state index in [-0.39, 0.29) is 5.91 Å². The minimum Gasteiger partial charge on any atom is -0.496 e. The SMILES string of the molecule is COc1cc(C(=O)NCc2cccnc2N(C)C)ccc1C. The van der Waals surface area contributed by atoms with E-state index in [2.05, 4.69) is 10.3 Å². The van der Waals surface area contributed by atoms with Crippen molar-refractivity contribution in [1.82, 2.24) is 10.3 Å². The number of benzene rings is 1. The lowest BCUT2D eigenvalue weighted by molar-refractivity contribution is 0.0950. The number of hydrogen-bond acceptors (Lipinski definition) is 4. The third-order valence-electron chi connectivity index (χ3n) is 3.40. The molecule has 1 aromatic heterocycles. The molecule has 0 aliphatic heterocycles. The van der Waals surface area contributed by atoms with Gasteiger partial charge < -0.3 is 15.0 Å². The molecule has 1 aromatic carbocycles. The number of nitrogens with one attached hydrogen (secondary N) is 1. The Hall–Kier alpha value is -2.56. The number of amides is 1. The minimum absolute atomic E-state index is 0.133. The van der Waals surface area contributed by atoms with Gasteiger partial charge in [0.1, 0.15) is 11.6 Å². The lowest BCUT2D eigenvalue weighted by Crippen LogP contribution is -2.24. The van der Waals surface area contributed by atoms with Crippen LogP contribution in [-0.4, -0.2) is 32.1 Å². The quantitative estimate of drug-likeness (QED) is 0.921. The van der Waals surface area contributed by atoms with Crippen LogP contribution in [0.1, 0.15) is 21.5 Å². The van der Waals surface area contributed by atoms with Gasteiger partial charge in [0.2, 0.25) is 0 Å². The van der Waals surface area contributed by atoms with Crippen LogP contribution >= 0.6 is 0 Å². The van der Waals surface area contributed by atoms with Crippen molar-refractivity contribution in [3.63, 3.8) is 0 Å². The van der Waals surface area contributed by atoms with Gasteiger partial charge in [-0.2, -0.15) is 0 Å². The minimum atomic E-state index is -0.133. The van der Waals surface area contributed by atoms with Crippen molar-refractivity contribution in [1.29, 1.82) is 0 Å². The molecule has 116 valence electrons. The molecule has 22 heavy (non-hydrogen) atoms. The van der Waals surface area contributed by atoms with Gasteiger partial charge in [0.15, 0.2) is 0 Å². The Morgan fingerprint density at radius 2 is 2.09 bits per heavy atom. The van der Waals surface area contributed by atoms with Gasteiger partial charge in [0, 0.05) is 38.0 Å². The van der Waals surface area contributed by atoms with Crippen LogP contribution in [0.3, 0.4) is 0 Å². The number of carbonyl (C=O) groups is 1. The monoisotopic (exact) mass is 299 g/mol. The summed E-state index contributed by atoms with van der Waals surface area (Å²) in [6, 6.07) is 9.24. The topological polar surface area (TPSA) is 54.5 Å². The number of anilines is 1. The number of carbonyl (C=O) groups excluding carboxylic acids is 1. The van der Waals surface area contributed by atoms with Crippen LogP contribution in [0.5, 0.6) is 5.75 Å². The zero-order valence-electron chi connectivity index (χ0n) is 13.4. The zero-order chi connectivity index (χ0) is 16.1. The second-order valence-electron chi connectivity index (χ2n) is 5.25. The van der Waals surface area contributed by atoms with Crippen molar-refractivity contribution >= 4 is 11.7 Å². The third kappa shape index (κ3) is 3.55. The Bertz CT molecular complexity index is 669. The molecule has 0 unspecified atom stereocenters. The molecule has 0 radical (unpaired) electrons. The average Bonchev–Trinajstić information content (AvgIpc) is 2.53. The Labute approximate surface area is 130 Å². The second kappa shape index (κ2) is 6.93. The highest BCUT2D eigenvalue weighted by Gasteiger charge is 2.10. The van der Waals surface area contributed by atoms with E-state index >= 15 is 0 Å². The van der Waals surface area contributed by atoms with Crippen molar-refractivity contribution in [3.8, 4) is 5.75 Å². The van der Waals surface area contributed by atoms with E-state index < -0.39 is 0 Å². The van der Waals surface area contributed by atoms with E-state index in [9.17, 15) is 4.79 Å². The fourth-order valence-corrected chi connectivity index (χ4v) is 2.21. The molecule has 0 aliphatic carbocycles. The molecule has 0 atom stereocenters. The van der Waals surface area contributed by atoms with Gasteiger partial charge in [-0.15, -0.1) is 0 Å². The fourth-order valence-electron chi connectivity index (χ4n) is 2.21. The normalized spacial score (nSPS) is 10.2. The highest BCUT2D eigenvalue weighted by Crippen LogP contribution is 2.19. The van der Waals surface area contributed by atoms with Gasteiger partial charge in [-0.05, 0) is 30.7 Å². The maximum atomic E-state index is 12.3. The largest absolute Gasteiger partial charge is 0.496 e. The van der Waals surface area contributed by atoms with Crippen LogP contribution in [0.25, 0.3) is 0 Å². The summed E-state index contributed by atoms with van der Waals surface area (Å²) in [7, 11) is 5.46. The maximum Gasteiger partial charge on any atom is 0.251 e. The van der Waals surface area contributed by atoms with Crippen LogP contribution < -0.4 is 15.0 Å². The van der Waals surface area contributed by atoms with Gasteiger partial charge in [-0.1, -0.05) is 12.1 Å². The van der Waals surface area contributed by atoms with Crippen LogP contribution in [0.2, 0.25) is 0 Å². The van der Waals surface area contributed by atoms with Crippen LogP contribution in [0.15, 0.2) is 36.5 Å². The lowest BCUT2D eigenvalue weighted by atomic mass is 10.1. The Morgan fingerprint density at radius 3 is 2.77 bits per heavy atom. The first-order valence-electron chi connectivity index (χ1n) is 7.07. The number of aryl methyl sites for hydroxylation is 1. The molecule has 1 heterocycles. The summed E-state index contributed by atoms with van der Waals surface area (Å²) in [5.74, 6) is 1.43.